The third kappa shape index (κ3) is 4.74. The fourth-order valence-electron chi connectivity index (χ4n) is 2.23. The Morgan fingerprint density at radius 2 is 2.14 bits per heavy atom. The number of amides is 1. The molecule has 0 unspecified atom stereocenters. The number of rotatable bonds is 6. The van der Waals surface area contributed by atoms with Gasteiger partial charge in [0, 0.05) is 31.9 Å². The van der Waals surface area contributed by atoms with E-state index in [0.717, 1.165) is 22.4 Å². The van der Waals surface area contributed by atoms with Crippen molar-refractivity contribution in [1.82, 2.24) is 10.3 Å². The first-order valence-corrected chi connectivity index (χ1v) is 7.60. The standard InChI is InChI=1S/C17H20ClN3O/c1-12-8-13(2)17(15(18)9-12)20-7-5-16(22)21-11-14-4-3-6-19-10-14/h3-4,6,8-10,20H,5,7,11H2,1-2H3,(H,21,22). The quantitative estimate of drug-likeness (QED) is 0.857. The van der Waals surface area contributed by atoms with Gasteiger partial charge in [-0.05, 0) is 42.7 Å². The van der Waals surface area contributed by atoms with Crippen LogP contribution in [0.1, 0.15) is 23.1 Å². The molecule has 2 aromatic rings. The number of pyridine rings is 1. The molecular formula is C17H20ClN3O. The summed E-state index contributed by atoms with van der Waals surface area (Å²) in [4.78, 5) is 15.8. The minimum absolute atomic E-state index is 0.00256. The number of benzene rings is 1. The van der Waals surface area contributed by atoms with Crippen molar-refractivity contribution in [2.24, 2.45) is 0 Å². The Kier molecular flexibility index (Phi) is 5.78. The third-order valence-corrected chi connectivity index (χ3v) is 3.60. The van der Waals surface area contributed by atoms with Crippen LogP contribution >= 0.6 is 11.6 Å². The van der Waals surface area contributed by atoms with Crippen molar-refractivity contribution in [3.05, 3.63) is 58.4 Å². The van der Waals surface area contributed by atoms with Crippen molar-refractivity contribution in [2.45, 2.75) is 26.8 Å². The lowest BCUT2D eigenvalue weighted by Gasteiger charge is -2.12. The van der Waals surface area contributed by atoms with Gasteiger partial charge in [0.2, 0.25) is 5.91 Å². The zero-order chi connectivity index (χ0) is 15.9. The zero-order valence-corrected chi connectivity index (χ0v) is 13.6. The minimum Gasteiger partial charge on any atom is -0.383 e. The number of nitrogens with one attached hydrogen (secondary N) is 2. The number of nitrogens with zero attached hydrogens (tertiary/aromatic N) is 1. The molecule has 116 valence electrons. The highest BCUT2D eigenvalue weighted by Gasteiger charge is 2.06. The van der Waals surface area contributed by atoms with E-state index in [0.29, 0.717) is 24.5 Å². The van der Waals surface area contributed by atoms with Crippen LogP contribution in [-0.4, -0.2) is 17.4 Å². The number of carbonyl (C=O) groups excluding carboxylic acids is 1. The van der Waals surface area contributed by atoms with Crippen molar-refractivity contribution in [3.8, 4) is 0 Å². The Morgan fingerprint density at radius 1 is 1.32 bits per heavy atom. The van der Waals surface area contributed by atoms with Crippen LogP contribution in [0.3, 0.4) is 0 Å². The first-order valence-electron chi connectivity index (χ1n) is 7.22. The van der Waals surface area contributed by atoms with Gasteiger partial charge < -0.3 is 10.6 Å². The Morgan fingerprint density at radius 3 is 2.82 bits per heavy atom. The molecule has 0 saturated carbocycles. The molecule has 4 nitrogen and oxygen atoms in total. The van der Waals surface area contributed by atoms with E-state index in [1.54, 1.807) is 12.4 Å². The van der Waals surface area contributed by atoms with Crippen LogP contribution in [0.15, 0.2) is 36.7 Å². The predicted molar refractivity (Wildman–Crippen MR) is 90.1 cm³/mol. The van der Waals surface area contributed by atoms with Gasteiger partial charge >= 0.3 is 0 Å². The van der Waals surface area contributed by atoms with Crippen LogP contribution < -0.4 is 10.6 Å². The van der Waals surface area contributed by atoms with Gasteiger partial charge in [-0.1, -0.05) is 23.7 Å². The molecule has 0 radical (unpaired) electrons. The lowest BCUT2D eigenvalue weighted by Crippen LogP contribution is -2.25. The summed E-state index contributed by atoms with van der Waals surface area (Å²) in [6.45, 7) is 5.05. The van der Waals surface area contributed by atoms with E-state index in [4.69, 9.17) is 11.6 Å². The molecule has 1 aromatic carbocycles. The van der Waals surface area contributed by atoms with Crippen molar-refractivity contribution < 1.29 is 4.79 Å². The molecule has 1 aromatic heterocycles. The van der Waals surface area contributed by atoms with Gasteiger partial charge in [0.25, 0.3) is 0 Å². The second kappa shape index (κ2) is 7.80. The smallest absolute Gasteiger partial charge is 0.222 e. The van der Waals surface area contributed by atoms with E-state index >= 15 is 0 Å². The van der Waals surface area contributed by atoms with Gasteiger partial charge in [-0.2, -0.15) is 0 Å². The van der Waals surface area contributed by atoms with Crippen molar-refractivity contribution in [3.63, 3.8) is 0 Å². The second-order valence-electron chi connectivity index (χ2n) is 5.25. The molecule has 0 spiro atoms. The van der Waals surface area contributed by atoms with Crippen molar-refractivity contribution in [1.29, 1.82) is 0 Å². The largest absolute Gasteiger partial charge is 0.383 e. The van der Waals surface area contributed by atoms with Gasteiger partial charge in [0.15, 0.2) is 0 Å². The van der Waals surface area contributed by atoms with Gasteiger partial charge in [-0.3, -0.25) is 9.78 Å². The Balaban J connectivity index is 1.78. The van der Waals surface area contributed by atoms with E-state index in [9.17, 15) is 4.79 Å². The maximum Gasteiger partial charge on any atom is 0.222 e. The fraction of sp³-hybridized carbons (Fsp3) is 0.294. The number of anilines is 1. The molecule has 0 atom stereocenters. The van der Waals surface area contributed by atoms with Crippen LogP contribution in [0, 0.1) is 13.8 Å². The maximum absolute atomic E-state index is 11.8. The van der Waals surface area contributed by atoms with Crippen molar-refractivity contribution in [2.75, 3.05) is 11.9 Å². The minimum atomic E-state index is -0.00256. The van der Waals surface area contributed by atoms with Crippen LogP contribution in [0.2, 0.25) is 5.02 Å². The first-order chi connectivity index (χ1) is 10.6. The molecule has 0 fully saturated rings. The van der Waals surface area contributed by atoms with Gasteiger partial charge in [0.05, 0.1) is 10.7 Å². The molecule has 1 heterocycles. The lowest BCUT2D eigenvalue weighted by molar-refractivity contribution is -0.121. The summed E-state index contributed by atoms with van der Waals surface area (Å²) in [5.74, 6) is -0.00256. The average molecular weight is 318 g/mol. The fourth-order valence-corrected chi connectivity index (χ4v) is 2.62. The summed E-state index contributed by atoms with van der Waals surface area (Å²) in [6, 6.07) is 7.77. The summed E-state index contributed by atoms with van der Waals surface area (Å²) in [5, 5.41) is 6.79. The highest BCUT2D eigenvalue weighted by atomic mass is 35.5. The Hall–Kier alpha value is -2.07. The highest BCUT2D eigenvalue weighted by molar-refractivity contribution is 6.33. The summed E-state index contributed by atoms with van der Waals surface area (Å²) in [7, 11) is 0. The number of aromatic nitrogens is 1. The molecule has 1 amide bonds. The molecule has 0 bridgehead atoms. The zero-order valence-electron chi connectivity index (χ0n) is 12.8. The highest BCUT2D eigenvalue weighted by Crippen LogP contribution is 2.27. The lowest BCUT2D eigenvalue weighted by atomic mass is 10.1. The summed E-state index contributed by atoms with van der Waals surface area (Å²) in [5.41, 5.74) is 4.09. The molecule has 2 rings (SSSR count). The van der Waals surface area contributed by atoms with Crippen molar-refractivity contribution >= 4 is 23.2 Å². The summed E-state index contributed by atoms with van der Waals surface area (Å²) >= 11 is 6.22. The number of hydrogen-bond donors (Lipinski definition) is 2. The molecule has 0 aliphatic heterocycles. The molecule has 0 saturated heterocycles. The molecule has 0 aliphatic rings. The van der Waals surface area contributed by atoms with Crippen LogP contribution in [0.25, 0.3) is 0 Å². The summed E-state index contributed by atoms with van der Waals surface area (Å²) in [6.07, 6.45) is 3.85. The van der Waals surface area contributed by atoms with E-state index in [-0.39, 0.29) is 5.91 Å². The van der Waals surface area contributed by atoms with E-state index in [2.05, 4.69) is 21.7 Å². The van der Waals surface area contributed by atoms with Gasteiger partial charge in [-0.25, -0.2) is 0 Å². The first kappa shape index (κ1) is 16.3. The van der Waals surface area contributed by atoms with E-state index in [1.807, 2.05) is 32.0 Å². The monoisotopic (exact) mass is 317 g/mol. The molecular weight excluding hydrogens is 298 g/mol. The van der Waals surface area contributed by atoms with Crippen LogP contribution in [0.4, 0.5) is 5.69 Å². The molecule has 22 heavy (non-hydrogen) atoms. The van der Waals surface area contributed by atoms with Crippen LogP contribution in [0.5, 0.6) is 0 Å². The molecule has 0 aliphatic carbocycles. The number of aryl methyl sites for hydroxylation is 2. The Labute approximate surface area is 135 Å². The van der Waals surface area contributed by atoms with Crippen LogP contribution in [-0.2, 0) is 11.3 Å². The summed E-state index contributed by atoms with van der Waals surface area (Å²) < 4.78 is 0. The number of halogens is 1. The topological polar surface area (TPSA) is 54.0 Å². The molecule has 5 heteroatoms. The SMILES string of the molecule is Cc1cc(C)c(NCCC(=O)NCc2cccnc2)c(Cl)c1. The normalized spacial score (nSPS) is 10.3. The number of carbonyl (C=O) groups is 1. The van der Waals surface area contributed by atoms with Gasteiger partial charge in [0.1, 0.15) is 0 Å². The third-order valence-electron chi connectivity index (χ3n) is 3.30. The molecule has 2 N–H and O–H groups in total. The average Bonchev–Trinajstić information content (AvgIpc) is 2.49. The second-order valence-corrected chi connectivity index (χ2v) is 5.66. The van der Waals surface area contributed by atoms with E-state index < -0.39 is 0 Å². The van der Waals surface area contributed by atoms with Gasteiger partial charge in [-0.15, -0.1) is 0 Å². The van der Waals surface area contributed by atoms with E-state index in [1.165, 1.54) is 0 Å². The predicted octanol–water partition coefficient (Wildman–Crippen LogP) is 3.47. The number of hydrogen-bond acceptors (Lipinski definition) is 3. The maximum atomic E-state index is 11.8. The Bertz CT molecular complexity index is 621.